The summed E-state index contributed by atoms with van der Waals surface area (Å²) < 4.78 is 23.7. The number of benzene rings is 1. The van der Waals surface area contributed by atoms with E-state index in [2.05, 4.69) is 4.98 Å². The second-order valence-electron chi connectivity index (χ2n) is 4.97. The number of rotatable bonds is 1. The van der Waals surface area contributed by atoms with Gasteiger partial charge in [-0.05, 0) is 39.0 Å². The molecule has 0 unspecified atom stereocenters. The van der Waals surface area contributed by atoms with Crippen LogP contribution in [0.2, 0.25) is 0 Å². The molecular formula is C13H15NO2S. The smallest absolute Gasteiger partial charge is 0.183 e. The number of fused-ring (bicyclic) bond motifs is 1. The zero-order valence-electron chi connectivity index (χ0n) is 10.1. The predicted molar refractivity (Wildman–Crippen MR) is 68.7 cm³/mol. The van der Waals surface area contributed by atoms with Gasteiger partial charge in [0.25, 0.3) is 0 Å². The monoisotopic (exact) mass is 249 g/mol. The molecule has 0 saturated carbocycles. The minimum absolute atomic E-state index is 0.330. The molecule has 1 aromatic carbocycles. The van der Waals surface area contributed by atoms with Crippen molar-refractivity contribution in [2.24, 2.45) is 0 Å². The average Bonchev–Trinajstić information content (AvgIpc) is 2.27. The fourth-order valence-electron chi connectivity index (χ4n) is 1.57. The third kappa shape index (κ3) is 2.05. The van der Waals surface area contributed by atoms with Crippen LogP contribution in [0.25, 0.3) is 10.9 Å². The first-order chi connectivity index (χ1) is 7.82. The third-order valence-electron chi connectivity index (χ3n) is 2.69. The summed E-state index contributed by atoms with van der Waals surface area (Å²) in [5.41, 5.74) is 0.706. The molecule has 0 aliphatic rings. The number of pyridine rings is 1. The molecule has 1 aromatic heterocycles. The fourth-order valence-corrected chi connectivity index (χ4v) is 2.79. The molecule has 90 valence electrons. The average molecular weight is 249 g/mol. The Kier molecular flexibility index (Phi) is 2.70. The molecule has 0 aliphatic carbocycles. The normalized spacial score (nSPS) is 12.9. The van der Waals surface area contributed by atoms with Crippen molar-refractivity contribution >= 4 is 20.7 Å². The first-order valence-corrected chi connectivity index (χ1v) is 6.90. The van der Waals surface area contributed by atoms with Gasteiger partial charge in [-0.3, -0.25) is 4.98 Å². The van der Waals surface area contributed by atoms with Crippen LogP contribution in [0.3, 0.4) is 0 Å². The molecule has 2 rings (SSSR count). The van der Waals surface area contributed by atoms with Crippen LogP contribution in [0.1, 0.15) is 20.8 Å². The van der Waals surface area contributed by atoms with E-state index in [1.165, 1.54) is 0 Å². The molecule has 0 amide bonds. The number of sulfone groups is 1. The molecule has 0 fully saturated rings. The van der Waals surface area contributed by atoms with Crippen molar-refractivity contribution in [3.63, 3.8) is 0 Å². The maximum absolute atomic E-state index is 12.3. The zero-order valence-corrected chi connectivity index (χ0v) is 11.0. The second kappa shape index (κ2) is 3.81. The molecule has 1 heterocycles. The van der Waals surface area contributed by atoms with Crippen LogP contribution in [0.15, 0.2) is 41.4 Å². The summed E-state index contributed by atoms with van der Waals surface area (Å²) in [7, 11) is -3.31. The lowest BCUT2D eigenvalue weighted by atomic mass is 10.2. The molecule has 4 heteroatoms. The van der Waals surface area contributed by atoms with Crippen LogP contribution >= 0.6 is 0 Å². The van der Waals surface area contributed by atoms with E-state index in [0.717, 1.165) is 5.39 Å². The second-order valence-corrected chi connectivity index (χ2v) is 7.68. The summed E-state index contributed by atoms with van der Waals surface area (Å²) in [6.07, 6.45) is 1.66. The van der Waals surface area contributed by atoms with Gasteiger partial charge in [0.05, 0.1) is 15.2 Å². The van der Waals surface area contributed by atoms with Crippen molar-refractivity contribution in [2.45, 2.75) is 30.4 Å². The molecule has 0 atom stereocenters. The van der Waals surface area contributed by atoms with E-state index in [9.17, 15) is 8.42 Å². The Morgan fingerprint density at radius 2 is 1.82 bits per heavy atom. The van der Waals surface area contributed by atoms with Gasteiger partial charge in [0, 0.05) is 11.6 Å². The van der Waals surface area contributed by atoms with Gasteiger partial charge in [-0.2, -0.15) is 0 Å². The van der Waals surface area contributed by atoms with Gasteiger partial charge in [0.1, 0.15) is 0 Å². The zero-order chi connectivity index (χ0) is 12.7. The Balaban J connectivity index is 2.66. The van der Waals surface area contributed by atoms with Crippen LogP contribution in [0.5, 0.6) is 0 Å². The minimum Gasteiger partial charge on any atom is -0.256 e. The molecule has 0 saturated heterocycles. The predicted octanol–water partition coefficient (Wildman–Crippen LogP) is 2.81. The van der Waals surface area contributed by atoms with E-state index in [1.54, 1.807) is 45.2 Å². The molecular weight excluding hydrogens is 234 g/mol. The van der Waals surface area contributed by atoms with Crippen molar-refractivity contribution in [1.29, 1.82) is 0 Å². The Bertz CT molecular complexity index is 654. The maximum Gasteiger partial charge on any atom is 0.183 e. The van der Waals surface area contributed by atoms with Gasteiger partial charge < -0.3 is 0 Å². The number of nitrogens with zero attached hydrogens (tertiary/aromatic N) is 1. The van der Waals surface area contributed by atoms with Crippen LogP contribution in [-0.4, -0.2) is 18.1 Å². The van der Waals surface area contributed by atoms with Crippen molar-refractivity contribution in [3.8, 4) is 0 Å². The van der Waals surface area contributed by atoms with Gasteiger partial charge >= 0.3 is 0 Å². The Hall–Kier alpha value is -1.42. The van der Waals surface area contributed by atoms with Gasteiger partial charge in [-0.1, -0.05) is 12.1 Å². The molecule has 0 bridgehead atoms. The quantitative estimate of drug-likeness (QED) is 0.780. The SMILES string of the molecule is CC(C)(C)S(=O)(=O)c1ccc2cccnc2c1. The molecule has 17 heavy (non-hydrogen) atoms. The number of hydrogen-bond acceptors (Lipinski definition) is 3. The van der Waals surface area contributed by atoms with Crippen LogP contribution in [0, 0.1) is 0 Å². The fraction of sp³-hybridized carbons (Fsp3) is 0.308. The standard InChI is InChI=1S/C13H15NO2S/c1-13(2,3)17(15,16)11-7-6-10-5-4-8-14-12(10)9-11/h4-9H,1-3H3. The van der Waals surface area contributed by atoms with E-state index in [-0.39, 0.29) is 0 Å². The highest BCUT2D eigenvalue weighted by molar-refractivity contribution is 7.92. The van der Waals surface area contributed by atoms with E-state index >= 15 is 0 Å². The van der Waals surface area contributed by atoms with Crippen LogP contribution in [-0.2, 0) is 9.84 Å². The summed E-state index contributed by atoms with van der Waals surface area (Å²) in [6.45, 7) is 5.10. The van der Waals surface area contributed by atoms with Crippen molar-refractivity contribution in [2.75, 3.05) is 0 Å². The molecule has 0 N–H and O–H groups in total. The Morgan fingerprint density at radius 1 is 1.12 bits per heavy atom. The molecule has 3 nitrogen and oxygen atoms in total. The third-order valence-corrected chi connectivity index (χ3v) is 5.18. The van der Waals surface area contributed by atoms with Crippen LogP contribution < -0.4 is 0 Å². The maximum atomic E-state index is 12.3. The summed E-state index contributed by atoms with van der Waals surface area (Å²) >= 11 is 0. The first kappa shape index (κ1) is 12.0. The minimum atomic E-state index is -3.31. The van der Waals surface area contributed by atoms with Gasteiger partial charge in [0.15, 0.2) is 9.84 Å². The summed E-state index contributed by atoms with van der Waals surface area (Å²) in [4.78, 5) is 4.50. The number of aromatic nitrogens is 1. The lowest BCUT2D eigenvalue weighted by Gasteiger charge is -2.19. The molecule has 0 spiro atoms. The highest BCUT2D eigenvalue weighted by Crippen LogP contribution is 2.26. The van der Waals surface area contributed by atoms with E-state index in [0.29, 0.717) is 10.4 Å². The van der Waals surface area contributed by atoms with Gasteiger partial charge in [-0.15, -0.1) is 0 Å². The van der Waals surface area contributed by atoms with E-state index in [4.69, 9.17) is 0 Å². The largest absolute Gasteiger partial charge is 0.256 e. The van der Waals surface area contributed by atoms with Gasteiger partial charge in [0.2, 0.25) is 0 Å². The Labute approximate surface area is 101 Å². The molecule has 0 aliphatic heterocycles. The topological polar surface area (TPSA) is 47.0 Å². The highest BCUT2D eigenvalue weighted by Gasteiger charge is 2.30. The van der Waals surface area contributed by atoms with Crippen molar-refractivity contribution < 1.29 is 8.42 Å². The van der Waals surface area contributed by atoms with Crippen molar-refractivity contribution in [1.82, 2.24) is 4.98 Å². The number of hydrogen-bond donors (Lipinski definition) is 0. The molecule has 0 radical (unpaired) electrons. The van der Waals surface area contributed by atoms with Crippen LogP contribution in [0.4, 0.5) is 0 Å². The van der Waals surface area contributed by atoms with Crippen molar-refractivity contribution in [3.05, 3.63) is 36.5 Å². The summed E-state index contributed by atoms with van der Waals surface area (Å²) in [5.74, 6) is 0. The first-order valence-electron chi connectivity index (χ1n) is 5.42. The molecule has 2 aromatic rings. The summed E-state index contributed by atoms with van der Waals surface area (Å²) in [6, 6.07) is 8.82. The van der Waals surface area contributed by atoms with Gasteiger partial charge in [-0.25, -0.2) is 8.42 Å². The lowest BCUT2D eigenvalue weighted by molar-refractivity contribution is 0.560. The van der Waals surface area contributed by atoms with E-state index < -0.39 is 14.6 Å². The summed E-state index contributed by atoms with van der Waals surface area (Å²) in [5, 5.41) is 0.945. The lowest BCUT2D eigenvalue weighted by Crippen LogP contribution is -2.27. The Morgan fingerprint density at radius 3 is 2.47 bits per heavy atom. The highest BCUT2D eigenvalue weighted by atomic mass is 32.2. The van der Waals surface area contributed by atoms with E-state index in [1.807, 2.05) is 12.1 Å².